The van der Waals surface area contributed by atoms with Crippen molar-refractivity contribution in [3.05, 3.63) is 36.0 Å². The molecule has 0 atom stereocenters. The van der Waals surface area contributed by atoms with Crippen LogP contribution in [-0.4, -0.2) is 60.4 Å². The maximum absolute atomic E-state index is 13.1. The maximum Gasteiger partial charge on any atom is 0.323 e. The highest BCUT2D eigenvalue weighted by atomic mass is 32.2. The minimum absolute atomic E-state index is 0.108. The first-order valence-electron chi connectivity index (χ1n) is 11.0. The number of rotatable bonds is 10. The molecular weight excluding hydrogens is 466 g/mol. The summed E-state index contributed by atoms with van der Waals surface area (Å²) in [5, 5.41) is 11.6. The molecule has 180 valence electrons. The van der Waals surface area contributed by atoms with E-state index in [1.807, 2.05) is 36.1 Å². The number of nitrogens with zero attached hydrogens (tertiary/aromatic N) is 2. The first-order chi connectivity index (χ1) is 15.8. The van der Waals surface area contributed by atoms with Crippen LogP contribution in [0.3, 0.4) is 0 Å². The summed E-state index contributed by atoms with van der Waals surface area (Å²) in [5.41, 5.74) is 1.09. The molecular formula is C22H29N3O6S2. The summed E-state index contributed by atoms with van der Waals surface area (Å²) >= 11 is 0.760. The number of carboxylic acids is 1. The molecule has 3 rings (SSSR count). The van der Waals surface area contributed by atoms with Gasteiger partial charge < -0.3 is 14.7 Å². The molecule has 1 aromatic carbocycles. The first-order valence-corrected chi connectivity index (χ1v) is 13.4. The second kappa shape index (κ2) is 11.5. The number of nitrogens with one attached hydrogen (secondary N) is 1. The summed E-state index contributed by atoms with van der Waals surface area (Å²) in [7, 11) is -3.99. The molecule has 1 aliphatic carbocycles. The third-order valence-electron chi connectivity index (χ3n) is 5.47. The summed E-state index contributed by atoms with van der Waals surface area (Å²) in [6.45, 7) is 3.05. The molecule has 1 aliphatic rings. The molecule has 0 unspecified atom stereocenters. The third kappa shape index (κ3) is 7.16. The summed E-state index contributed by atoms with van der Waals surface area (Å²) in [6, 6.07) is 7.59. The first kappa shape index (κ1) is 25.0. The van der Waals surface area contributed by atoms with E-state index in [1.165, 1.54) is 0 Å². The molecule has 0 saturated heterocycles. The molecule has 2 amide bonds. The third-order valence-corrected chi connectivity index (χ3v) is 8.54. The van der Waals surface area contributed by atoms with Crippen LogP contribution >= 0.6 is 11.3 Å². The smallest absolute Gasteiger partial charge is 0.323 e. The van der Waals surface area contributed by atoms with Gasteiger partial charge in [-0.1, -0.05) is 42.7 Å². The van der Waals surface area contributed by atoms with Crippen LogP contribution in [0.15, 0.2) is 34.7 Å². The lowest BCUT2D eigenvalue weighted by molar-refractivity contribution is -0.134. The molecule has 11 heteroatoms. The van der Waals surface area contributed by atoms with Gasteiger partial charge >= 0.3 is 12.0 Å². The summed E-state index contributed by atoms with van der Waals surface area (Å²) < 4.78 is 29.5. The quantitative estimate of drug-likeness (QED) is 0.513. The van der Waals surface area contributed by atoms with E-state index < -0.39 is 21.6 Å². The average molecular weight is 496 g/mol. The Morgan fingerprint density at radius 1 is 1.21 bits per heavy atom. The van der Waals surface area contributed by atoms with Crippen LogP contribution in [0.5, 0.6) is 5.75 Å². The van der Waals surface area contributed by atoms with Gasteiger partial charge in [-0.3, -0.25) is 10.1 Å². The standard InChI is InChI=1S/C22H29N3O6S2/c1-2-31-18-10-8-16(9-11-18)12-13-25(17-6-4-3-5-7-17)22(28)24-21-23-14-20(32-21)33(29,30)15-19(26)27/h8-11,14,17H,2-7,12-13,15H2,1H3,(H,26,27)(H,23,24,28). The molecule has 9 nitrogen and oxygen atoms in total. The highest BCUT2D eigenvalue weighted by molar-refractivity contribution is 7.94. The zero-order valence-corrected chi connectivity index (χ0v) is 20.2. The molecule has 1 saturated carbocycles. The van der Waals surface area contributed by atoms with Crippen molar-refractivity contribution in [3.8, 4) is 5.75 Å². The number of thiazole rings is 1. The van der Waals surface area contributed by atoms with Crippen LogP contribution in [0, 0.1) is 0 Å². The van der Waals surface area contributed by atoms with Gasteiger partial charge in [-0.2, -0.15) is 0 Å². The van der Waals surface area contributed by atoms with Crippen LogP contribution in [0.4, 0.5) is 9.93 Å². The molecule has 2 aromatic rings. The van der Waals surface area contributed by atoms with Gasteiger partial charge in [-0.15, -0.1) is 0 Å². The van der Waals surface area contributed by atoms with Crippen molar-refractivity contribution in [2.24, 2.45) is 0 Å². The number of aliphatic carboxylic acids is 1. The average Bonchev–Trinajstić information content (AvgIpc) is 3.25. The molecule has 0 spiro atoms. The van der Waals surface area contributed by atoms with Gasteiger partial charge in [0.15, 0.2) is 20.7 Å². The Morgan fingerprint density at radius 2 is 1.91 bits per heavy atom. The van der Waals surface area contributed by atoms with Gasteiger partial charge in [0.25, 0.3) is 0 Å². The topological polar surface area (TPSA) is 126 Å². The van der Waals surface area contributed by atoms with E-state index >= 15 is 0 Å². The Kier molecular flexibility index (Phi) is 8.67. The van der Waals surface area contributed by atoms with Crippen molar-refractivity contribution in [1.82, 2.24) is 9.88 Å². The van der Waals surface area contributed by atoms with Crippen molar-refractivity contribution in [1.29, 1.82) is 0 Å². The van der Waals surface area contributed by atoms with Gasteiger partial charge in [-0.25, -0.2) is 18.2 Å². The minimum atomic E-state index is -3.99. The second-order valence-corrected chi connectivity index (χ2v) is 11.1. The van der Waals surface area contributed by atoms with Gasteiger partial charge in [0.1, 0.15) is 9.96 Å². The molecule has 2 N–H and O–H groups in total. The Morgan fingerprint density at radius 3 is 2.55 bits per heavy atom. The number of hydrogen-bond donors (Lipinski definition) is 2. The Hall–Kier alpha value is -2.66. The van der Waals surface area contributed by atoms with E-state index in [1.54, 1.807) is 0 Å². The molecule has 1 aromatic heterocycles. The number of hydrogen-bond acceptors (Lipinski definition) is 7. The monoisotopic (exact) mass is 495 g/mol. The predicted molar refractivity (Wildman–Crippen MR) is 126 cm³/mol. The fourth-order valence-electron chi connectivity index (χ4n) is 3.87. The van der Waals surface area contributed by atoms with Crippen molar-refractivity contribution in [2.75, 3.05) is 24.2 Å². The lowest BCUT2D eigenvalue weighted by Crippen LogP contribution is -2.45. The summed E-state index contributed by atoms with van der Waals surface area (Å²) in [5.74, 6) is -1.65. The largest absolute Gasteiger partial charge is 0.494 e. The number of carboxylic acid groups (broad SMARTS) is 1. The second-order valence-electron chi connectivity index (χ2n) is 7.88. The van der Waals surface area contributed by atoms with Crippen molar-refractivity contribution >= 4 is 38.3 Å². The fourth-order valence-corrected chi connectivity index (χ4v) is 6.01. The van der Waals surface area contributed by atoms with E-state index in [-0.39, 0.29) is 21.4 Å². The number of carbonyl (C=O) groups is 2. The highest BCUT2D eigenvalue weighted by Crippen LogP contribution is 2.27. The summed E-state index contributed by atoms with van der Waals surface area (Å²) in [4.78, 5) is 29.7. The maximum atomic E-state index is 13.1. The predicted octanol–water partition coefficient (Wildman–Crippen LogP) is 3.81. The van der Waals surface area contributed by atoms with Gasteiger partial charge in [-0.05, 0) is 43.9 Å². The Bertz CT molecular complexity index is 1050. The number of amides is 2. The molecule has 0 radical (unpaired) electrons. The number of urea groups is 1. The van der Waals surface area contributed by atoms with Crippen LogP contribution in [0.2, 0.25) is 0 Å². The number of ether oxygens (including phenoxy) is 1. The van der Waals surface area contributed by atoms with Crippen LogP contribution in [0.25, 0.3) is 0 Å². The van der Waals surface area contributed by atoms with E-state index in [4.69, 9.17) is 9.84 Å². The number of aromatic nitrogens is 1. The van der Waals surface area contributed by atoms with Crippen LogP contribution in [-0.2, 0) is 21.1 Å². The lowest BCUT2D eigenvalue weighted by atomic mass is 9.94. The van der Waals surface area contributed by atoms with E-state index in [0.29, 0.717) is 19.6 Å². The van der Waals surface area contributed by atoms with Gasteiger partial charge in [0, 0.05) is 12.6 Å². The number of sulfone groups is 1. The zero-order valence-electron chi connectivity index (χ0n) is 18.5. The SMILES string of the molecule is CCOc1ccc(CCN(C(=O)Nc2ncc(S(=O)(=O)CC(=O)O)s2)C2CCCCC2)cc1. The van der Waals surface area contributed by atoms with Crippen molar-refractivity contribution in [3.63, 3.8) is 0 Å². The highest BCUT2D eigenvalue weighted by Gasteiger charge is 2.27. The van der Waals surface area contributed by atoms with Crippen LogP contribution < -0.4 is 10.1 Å². The van der Waals surface area contributed by atoms with Gasteiger partial charge in [0.2, 0.25) is 0 Å². The van der Waals surface area contributed by atoms with Crippen LogP contribution in [0.1, 0.15) is 44.6 Å². The number of carbonyl (C=O) groups excluding carboxylic acids is 1. The molecule has 0 aliphatic heterocycles. The fraction of sp³-hybridized carbons (Fsp3) is 0.500. The normalized spacial score (nSPS) is 14.6. The molecule has 1 fully saturated rings. The molecule has 0 bridgehead atoms. The number of benzene rings is 1. The van der Waals surface area contributed by atoms with E-state index in [9.17, 15) is 18.0 Å². The number of anilines is 1. The molecule has 33 heavy (non-hydrogen) atoms. The van der Waals surface area contributed by atoms with Gasteiger partial charge in [0.05, 0.1) is 12.8 Å². The van der Waals surface area contributed by atoms with E-state index in [2.05, 4.69) is 10.3 Å². The van der Waals surface area contributed by atoms with E-state index in [0.717, 1.165) is 61.0 Å². The lowest BCUT2D eigenvalue weighted by Gasteiger charge is -2.34. The Labute approximate surface area is 197 Å². The molecule has 1 heterocycles. The zero-order chi connectivity index (χ0) is 23.8. The van der Waals surface area contributed by atoms with Crippen molar-refractivity contribution < 1.29 is 27.9 Å². The minimum Gasteiger partial charge on any atom is -0.494 e. The summed E-state index contributed by atoms with van der Waals surface area (Å²) in [6.07, 6.45) is 6.89. The Balaban J connectivity index is 1.69. The van der Waals surface area contributed by atoms with Crippen molar-refractivity contribution in [2.45, 2.75) is 55.7 Å².